The van der Waals surface area contributed by atoms with Gasteiger partial charge in [-0.05, 0) is 40.2 Å². The molecule has 1 amide bonds. The van der Waals surface area contributed by atoms with Gasteiger partial charge in [0, 0.05) is 11.1 Å². The van der Waals surface area contributed by atoms with E-state index in [1.165, 1.54) is 0 Å². The first-order valence-electron chi connectivity index (χ1n) is 4.85. The monoisotopic (exact) mass is 308 g/mol. The summed E-state index contributed by atoms with van der Waals surface area (Å²) < 4.78 is 1.04. The van der Waals surface area contributed by atoms with Gasteiger partial charge in [-0.15, -0.1) is 11.3 Å². The van der Waals surface area contributed by atoms with Crippen molar-refractivity contribution in [1.29, 1.82) is 0 Å². The summed E-state index contributed by atoms with van der Waals surface area (Å²) in [6.07, 6.45) is 1.72. The topological polar surface area (TPSA) is 55.5 Å². The van der Waals surface area contributed by atoms with E-state index in [4.69, 9.17) is 5.73 Å². The van der Waals surface area contributed by atoms with Crippen LogP contribution >= 0.6 is 27.3 Å². The molecule has 1 aromatic carbocycles. The van der Waals surface area contributed by atoms with Crippen molar-refractivity contribution in [3.63, 3.8) is 0 Å². The standard InChI is InChI=1S/C12H9BrN2OS/c13-11-6-5-8(17-11)7-15-10-4-2-1-3-9(10)12(14)16/h1-7H,(H2,14,16). The summed E-state index contributed by atoms with van der Waals surface area (Å²) in [5.74, 6) is -0.467. The van der Waals surface area contributed by atoms with Crippen molar-refractivity contribution < 1.29 is 4.79 Å². The highest BCUT2D eigenvalue weighted by Gasteiger charge is 2.05. The summed E-state index contributed by atoms with van der Waals surface area (Å²) in [7, 11) is 0. The molecule has 0 radical (unpaired) electrons. The number of thiophene rings is 1. The molecule has 17 heavy (non-hydrogen) atoms. The molecule has 2 aromatic rings. The molecule has 1 heterocycles. The lowest BCUT2D eigenvalue weighted by molar-refractivity contribution is 0.100. The molecular weight excluding hydrogens is 300 g/mol. The second-order valence-electron chi connectivity index (χ2n) is 3.28. The van der Waals surface area contributed by atoms with Gasteiger partial charge in [-0.3, -0.25) is 9.79 Å². The number of para-hydroxylation sites is 1. The summed E-state index contributed by atoms with van der Waals surface area (Å²) in [6, 6.07) is 10.9. The minimum absolute atomic E-state index is 0.430. The van der Waals surface area contributed by atoms with Crippen molar-refractivity contribution in [3.05, 3.63) is 50.6 Å². The number of rotatable bonds is 3. The molecule has 3 nitrogen and oxygen atoms in total. The van der Waals surface area contributed by atoms with Gasteiger partial charge in [0.25, 0.3) is 5.91 Å². The Kier molecular flexibility index (Phi) is 3.71. The van der Waals surface area contributed by atoms with Crippen molar-refractivity contribution in [2.45, 2.75) is 0 Å². The van der Waals surface area contributed by atoms with Crippen LogP contribution in [0.1, 0.15) is 15.2 Å². The second-order valence-corrected chi connectivity index (χ2v) is 5.78. The molecule has 0 aliphatic heterocycles. The van der Waals surface area contributed by atoms with Crippen molar-refractivity contribution >= 4 is 45.1 Å². The van der Waals surface area contributed by atoms with Crippen molar-refractivity contribution in [2.24, 2.45) is 10.7 Å². The van der Waals surface area contributed by atoms with Gasteiger partial charge in [-0.1, -0.05) is 12.1 Å². The van der Waals surface area contributed by atoms with E-state index >= 15 is 0 Å². The maximum Gasteiger partial charge on any atom is 0.250 e. The summed E-state index contributed by atoms with van der Waals surface area (Å²) in [5.41, 5.74) is 6.29. The number of nitrogens with two attached hydrogens (primary N) is 1. The first-order valence-corrected chi connectivity index (χ1v) is 6.46. The molecule has 0 unspecified atom stereocenters. The third-order valence-corrected chi connectivity index (χ3v) is 3.65. The van der Waals surface area contributed by atoms with Gasteiger partial charge in [-0.25, -0.2) is 0 Å². The molecule has 0 atom stereocenters. The molecule has 5 heteroatoms. The molecule has 0 fully saturated rings. The fraction of sp³-hybridized carbons (Fsp3) is 0. The maximum atomic E-state index is 11.2. The lowest BCUT2D eigenvalue weighted by atomic mass is 10.2. The highest BCUT2D eigenvalue weighted by molar-refractivity contribution is 9.11. The average molecular weight is 309 g/mol. The smallest absolute Gasteiger partial charge is 0.250 e. The fourth-order valence-electron chi connectivity index (χ4n) is 1.33. The number of nitrogens with zero attached hydrogens (tertiary/aromatic N) is 1. The quantitative estimate of drug-likeness (QED) is 0.868. The van der Waals surface area contributed by atoms with Gasteiger partial charge >= 0.3 is 0 Å². The lowest BCUT2D eigenvalue weighted by Crippen LogP contribution is -2.10. The summed E-state index contributed by atoms with van der Waals surface area (Å²) >= 11 is 4.95. The minimum atomic E-state index is -0.467. The number of amides is 1. The molecule has 0 bridgehead atoms. The van der Waals surface area contributed by atoms with Crippen LogP contribution < -0.4 is 5.73 Å². The fourth-order valence-corrected chi connectivity index (χ4v) is 2.62. The highest BCUT2D eigenvalue weighted by atomic mass is 79.9. The van der Waals surface area contributed by atoms with E-state index in [9.17, 15) is 4.79 Å². The predicted octanol–water partition coefficient (Wildman–Crippen LogP) is 3.36. The Hall–Kier alpha value is -1.46. The molecule has 0 saturated carbocycles. The first kappa shape index (κ1) is 12.0. The van der Waals surface area contributed by atoms with Crippen LogP contribution in [0.5, 0.6) is 0 Å². The zero-order chi connectivity index (χ0) is 12.3. The first-order chi connectivity index (χ1) is 8.16. The zero-order valence-corrected chi connectivity index (χ0v) is 11.2. The highest BCUT2D eigenvalue weighted by Crippen LogP contribution is 2.22. The van der Waals surface area contributed by atoms with Crippen molar-refractivity contribution in [2.75, 3.05) is 0 Å². The number of carbonyl (C=O) groups is 1. The van der Waals surface area contributed by atoms with Crippen LogP contribution in [0.25, 0.3) is 0 Å². The number of halogens is 1. The SMILES string of the molecule is NC(=O)c1ccccc1N=Cc1ccc(Br)s1. The summed E-state index contributed by atoms with van der Waals surface area (Å²) in [4.78, 5) is 16.5. The van der Waals surface area contributed by atoms with Crippen LogP contribution in [0.2, 0.25) is 0 Å². The molecule has 86 valence electrons. The second kappa shape index (κ2) is 5.25. The Morgan fingerprint density at radius 2 is 2.06 bits per heavy atom. The number of primary amides is 1. The van der Waals surface area contributed by atoms with E-state index in [-0.39, 0.29) is 0 Å². The van der Waals surface area contributed by atoms with E-state index < -0.39 is 5.91 Å². The van der Waals surface area contributed by atoms with Gasteiger partial charge < -0.3 is 5.73 Å². The van der Waals surface area contributed by atoms with E-state index in [2.05, 4.69) is 20.9 Å². The van der Waals surface area contributed by atoms with Crippen LogP contribution in [0.3, 0.4) is 0 Å². The zero-order valence-electron chi connectivity index (χ0n) is 8.76. The van der Waals surface area contributed by atoms with E-state index in [0.29, 0.717) is 11.3 Å². The Balaban J connectivity index is 2.30. The Morgan fingerprint density at radius 3 is 2.71 bits per heavy atom. The summed E-state index contributed by atoms with van der Waals surface area (Å²) in [5, 5.41) is 0. The number of hydrogen-bond donors (Lipinski definition) is 1. The third kappa shape index (κ3) is 3.01. The molecule has 2 N–H and O–H groups in total. The van der Waals surface area contributed by atoms with Crippen LogP contribution in [0.4, 0.5) is 5.69 Å². The van der Waals surface area contributed by atoms with Crippen LogP contribution in [0, 0.1) is 0 Å². The molecule has 0 aliphatic rings. The molecule has 0 saturated heterocycles. The van der Waals surface area contributed by atoms with Gasteiger partial charge in [0.15, 0.2) is 0 Å². The molecular formula is C12H9BrN2OS. The van der Waals surface area contributed by atoms with Crippen LogP contribution in [-0.2, 0) is 0 Å². The van der Waals surface area contributed by atoms with Gasteiger partial charge in [0.05, 0.1) is 15.0 Å². The van der Waals surface area contributed by atoms with Gasteiger partial charge in [-0.2, -0.15) is 0 Å². The van der Waals surface area contributed by atoms with E-state index in [1.54, 1.807) is 35.8 Å². The van der Waals surface area contributed by atoms with Gasteiger partial charge in [0.2, 0.25) is 0 Å². The van der Waals surface area contributed by atoms with E-state index in [1.807, 2.05) is 18.2 Å². The third-order valence-electron chi connectivity index (χ3n) is 2.09. The van der Waals surface area contributed by atoms with Crippen LogP contribution in [0.15, 0.2) is 45.2 Å². The van der Waals surface area contributed by atoms with Gasteiger partial charge in [0.1, 0.15) is 0 Å². The lowest BCUT2D eigenvalue weighted by Gasteiger charge is -1.99. The largest absolute Gasteiger partial charge is 0.366 e. The number of aliphatic imine (C=N–C) groups is 1. The van der Waals surface area contributed by atoms with Crippen molar-refractivity contribution in [1.82, 2.24) is 0 Å². The number of carbonyl (C=O) groups excluding carboxylic acids is 1. The molecule has 0 spiro atoms. The Labute approximate surface area is 111 Å². The minimum Gasteiger partial charge on any atom is -0.366 e. The summed E-state index contributed by atoms with van der Waals surface area (Å²) in [6.45, 7) is 0. The maximum absolute atomic E-state index is 11.2. The van der Waals surface area contributed by atoms with Crippen LogP contribution in [-0.4, -0.2) is 12.1 Å². The number of hydrogen-bond acceptors (Lipinski definition) is 3. The predicted molar refractivity (Wildman–Crippen MR) is 74.2 cm³/mol. The normalized spacial score (nSPS) is 10.9. The Morgan fingerprint density at radius 1 is 1.29 bits per heavy atom. The molecule has 1 aromatic heterocycles. The number of benzene rings is 1. The Bertz CT molecular complexity index is 577. The van der Waals surface area contributed by atoms with E-state index in [0.717, 1.165) is 8.66 Å². The average Bonchev–Trinajstić information content (AvgIpc) is 2.73. The van der Waals surface area contributed by atoms with Crippen molar-refractivity contribution in [3.8, 4) is 0 Å². The molecule has 0 aliphatic carbocycles. The molecule has 2 rings (SSSR count).